The summed E-state index contributed by atoms with van der Waals surface area (Å²) in [7, 11) is -1.77. The molecule has 2 N–H and O–H groups in total. The Bertz CT molecular complexity index is 713. The van der Waals surface area contributed by atoms with Crippen LogP contribution in [0.15, 0.2) is 23.1 Å². The Hall–Kier alpha value is -1.15. The van der Waals surface area contributed by atoms with Crippen molar-refractivity contribution in [3.63, 3.8) is 0 Å². The topological polar surface area (TPSA) is 78.5 Å². The summed E-state index contributed by atoms with van der Waals surface area (Å²) in [6, 6.07) is 4.98. The average molecular weight is 374 g/mol. The highest BCUT2D eigenvalue weighted by Crippen LogP contribution is 2.24. The molecule has 134 valence electrons. The Morgan fingerprint density at radius 3 is 2.58 bits per heavy atom. The number of carbonyl (C=O) groups excluding carboxylic acids is 1. The van der Waals surface area contributed by atoms with E-state index in [0.29, 0.717) is 5.56 Å². The van der Waals surface area contributed by atoms with Crippen LogP contribution in [0.4, 0.5) is 0 Å². The monoisotopic (exact) mass is 373 g/mol. The van der Waals surface area contributed by atoms with Gasteiger partial charge >= 0.3 is 0 Å². The average Bonchev–Trinajstić information content (AvgIpc) is 3.15. The number of likely N-dealkylation sites (N-methyl/N-ethyl adjacent to an activating group) is 1. The van der Waals surface area contributed by atoms with Gasteiger partial charge in [-0.25, -0.2) is 13.1 Å². The Morgan fingerprint density at radius 1 is 1.29 bits per heavy atom. The van der Waals surface area contributed by atoms with E-state index < -0.39 is 10.0 Å². The highest BCUT2D eigenvalue weighted by atomic mass is 35.5. The van der Waals surface area contributed by atoms with Gasteiger partial charge in [0.1, 0.15) is 0 Å². The molecule has 0 bridgehead atoms. The van der Waals surface area contributed by atoms with E-state index in [1.165, 1.54) is 6.07 Å². The van der Waals surface area contributed by atoms with E-state index in [0.717, 1.165) is 37.9 Å². The van der Waals surface area contributed by atoms with Crippen molar-refractivity contribution in [2.45, 2.75) is 43.2 Å². The Morgan fingerprint density at radius 2 is 2.00 bits per heavy atom. The summed E-state index contributed by atoms with van der Waals surface area (Å²) in [5, 5.41) is 3.24. The third-order valence-electron chi connectivity index (χ3n) is 4.55. The molecule has 1 aromatic rings. The van der Waals surface area contributed by atoms with Crippen molar-refractivity contribution in [2.75, 3.05) is 20.1 Å². The number of aryl methyl sites for hydroxylation is 1. The molecular weight excluding hydrogens is 350 g/mol. The second kappa shape index (κ2) is 7.39. The molecule has 1 atom stereocenters. The minimum absolute atomic E-state index is 0. The lowest BCUT2D eigenvalue weighted by atomic mass is 10.1. The van der Waals surface area contributed by atoms with Crippen molar-refractivity contribution >= 4 is 28.3 Å². The first-order valence-electron chi connectivity index (χ1n) is 7.99. The molecule has 8 heteroatoms. The summed E-state index contributed by atoms with van der Waals surface area (Å²) in [6.45, 7) is 3.52. The molecule has 2 fully saturated rings. The van der Waals surface area contributed by atoms with Crippen LogP contribution in [-0.2, 0) is 10.0 Å². The second-order valence-electron chi connectivity index (χ2n) is 6.43. The van der Waals surface area contributed by atoms with Gasteiger partial charge in [-0.3, -0.25) is 4.79 Å². The quantitative estimate of drug-likeness (QED) is 0.815. The standard InChI is InChI=1S/C16H23N3O3S.ClH/c1-11-3-6-14(23(21,22)18-12-4-5-12)9-15(11)16(20)19(2)13-7-8-17-10-13;/h3,6,9,12-13,17-18H,4-5,7-8,10H2,1-2H3;1H. The molecule has 0 radical (unpaired) electrons. The summed E-state index contributed by atoms with van der Waals surface area (Å²) in [6.07, 6.45) is 2.69. The molecular formula is C16H24ClN3O3S. The first-order valence-corrected chi connectivity index (χ1v) is 9.47. The molecule has 0 aromatic heterocycles. The van der Waals surface area contributed by atoms with Crippen LogP contribution in [0.5, 0.6) is 0 Å². The minimum atomic E-state index is -3.55. The van der Waals surface area contributed by atoms with Gasteiger partial charge in [0.2, 0.25) is 10.0 Å². The van der Waals surface area contributed by atoms with Gasteiger partial charge in [-0.05, 0) is 50.4 Å². The second-order valence-corrected chi connectivity index (χ2v) is 8.15. The zero-order chi connectivity index (χ0) is 16.6. The number of carbonyl (C=O) groups is 1. The molecule has 24 heavy (non-hydrogen) atoms. The SMILES string of the molecule is Cc1ccc(S(=O)(=O)NC2CC2)cc1C(=O)N(C)C1CCNC1.Cl. The molecule has 0 spiro atoms. The first-order chi connectivity index (χ1) is 10.9. The lowest BCUT2D eigenvalue weighted by molar-refractivity contribution is 0.0743. The van der Waals surface area contributed by atoms with Crippen molar-refractivity contribution in [1.82, 2.24) is 14.9 Å². The number of hydrogen-bond donors (Lipinski definition) is 2. The van der Waals surface area contributed by atoms with E-state index >= 15 is 0 Å². The van der Waals surface area contributed by atoms with Crippen LogP contribution in [0.25, 0.3) is 0 Å². The van der Waals surface area contributed by atoms with Gasteiger partial charge in [0.15, 0.2) is 0 Å². The lowest BCUT2D eigenvalue weighted by Gasteiger charge is -2.24. The fraction of sp³-hybridized carbons (Fsp3) is 0.562. The number of rotatable bonds is 5. The van der Waals surface area contributed by atoms with Crippen molar-refractivity contribution in [3.8, 4) is 0 Å². The van der Waals surface area contributed by atoms with E-state index in [1.807, 2.05) is 6.92 Å². The maximum Gasteiger partial charge on any atom is 0.254 e. The van der Waals surface area contributed by atoms with Gasteiger partial charge in [-0.15, -0.1) is 12.4 Å². The molecule has 1 aliphatic carbocycles. The fourth-order valence-corrected chi connectivity index (χ4v) is 4.14. The smallest absolute Gasteiger partial charge is 0.254 e. The molecule has 1 heterocycles. The van der Waals surface area contributed by atoms with Crippen LogP contribution >= 0.6 is 12.4 Å². The van der Waals surface area contributed by atoms with E-state index in [2.05, 4.69) is 10.0 Å². The highest BCUT2D eigenvalue weighted by Gasteiger charge is 2.29. The summed E-state index contributed by atoms with van der Waals surface area (Å²) < 4.78 is 27.4. The van der Waals surface area contributed by atoms with Crippen LogP contribution in [0.1, 0.15) is 35.2 Å². The number of hydrogen-bond acceptors (Lipinski definition) is 4. The van der Waals surface area contributed by atoms with Gasteiger partial charge in [-0.1, -0.05) is 6.07 Å². The molecule has 1 amide bonds. The normalized spacial score (nSPS) is 20.5. The summed E-state index contributed by atoms with van der Waals surface area (Å²) >= 11 is 0. The molecule has 1 aromatic carbocycles. The molecule has 1 unspecified atom stereocenters. The number of benzene rings is 1. The molecule has 2 aliphatic rings. The summed E-state index contributed by atoms with van der Waals surface area (Å²) in [5.41, 5.74) is 1.25. The van der Waals surface area contributed by atoms with Crippen LogP contribution in [-0.4, -0.2) is 51.4 Å². The number of nitrogens with zero attached hydrogens (tertiary/aromatic N) is 1. The third-order valence-corrected chi connectivity index (χ3v) is 6.07. The van der Waals surface area contributed by atoms with Gasteiger partial charge in [0.05, 0.1) is 4.90 Å². The fourth-order valence-electron chi connectivity index (χ4n) is 2.81. The Balaban J connectivity index is 0.00000208. The molecule has 1 saturated carbocycles. The van der Waals surface area contributed by atoms with Crippen molar-refractivity contribution in [2.24, 2.45) is 0 Å². The predicted octanol–water partition coefficient (Wildman–Crippen LogP) is 1.29. The number of nitrogens with one attached hydrogen (secondary N) is 2. The summed E-state index contributed by atoms with van der Waals surface area (Å²) in [4.78, 5) is 14.6. The Labute approximate surface area is 149 Å². The van der Waals surface area contributed by atoms with Crippen LogP contribution in [0, 0.1) is 6.92 Å². The largest absolute Gasteiger partial charge is 0.337 e. The number of halogens is 1. The van der Waals surface area contributed by atoms with E-state index in [-0.39, 0.29) is 35.3 Å². The molecule has 3 rings (SSSR count). The lowest BCUT2D eigenvalue weighted by Crippen LogP contribution is -2.38. The van der Waals surface area contributed by atoms with Gasteiger partial charge < -0.3 is 10.2 Å². The van der Waals surface area contributed by atoms with Crippen LogP contribution in [0.2, 0.25) is 0 Å². The van der Waals surface area contributed by atoms with Crippen molar-refractivity contribution in [1.29, 1.82) is 0 Å². The maximum atomic E-state index is 12.7. The zero-order valence-electron chi connectivity index (χ0n) is 13.9. The third kappa shape index (κ3) is 4.08. The summed E-state index contributed by atoms with van der Waals surface area (Å²) in [5.74, 6) is -0.125. The molecule has 1 saturated heterocycles. The van der Waals surface area contributed by atoms with E-state index in [4.69, 9.17) is 0 Å². The van der Waals surface area contributed by atoms with Crippen molar-refractivity contribution < 1.29 is 13.2 Å². The molecule has 1 aliphatic heterocycles. The van der Waals surface area contributed by atoms with Gasteiger partial charge in [0, 0.05) is 31.2 Å². The first kappa shape index (κ1) is 19.2. The van der Waals surface area contributed by atoms with Crippen LogP contribution in [0.3, 0.4) is 0 Å². The Kier molecular flexibility index (Phi) is 5.91. The van der Waals surface area contributed by atoms with Crippen molar-refractivity contribution in [3.05, 3.63) is 29.3 Å². The predicted molar refractivity (Wildman–Crippen MR) is 95.1 cm³/mol. The van der Waals surface area contributed by atoms with Gasteiger partial charge in [0.25, 0.3) is 5.91 Å². The maximum absolute atomic E-state index is 12.7. The van der Waals surface area contributed by atoms with Gasteiger partial charge in [-0.2, -0.15) is 0 Å². The number of amides is 1. The van der Waals surface area contributed by atoms with E-state index in [9.17, 15) is 13.2 Å². The minimum Gasteiger partial charge on any atom is -0.337 e. The zero-order valence-corrected chi connectivity index (χ0v) is 15.5. The number of sulfonamides is 1. The van der Waals surface area contributed by atoms with Crippen LogP contribution < -0.4 is 10.0 Å². The molecule has 6 nitrogen and oxygen atoms in total. The highest BCUT2D eigenvalue weighted by molar-refractivity contribution is 7.89. The van der Waals surface area contributed by atoms with E-state index in [1.54, 1.807) is 24.1 Å².